The monoisotopic (exact) mass is 246 g/mol. The molecule has 2 aromatic rings. The van der Waals surface area contributed by atoms with Gasteiger partial charge in [0.05, 0.1) is 0 Å². The van der Waals surface area contributed by atoms with Gasteiger partial charge in [-0.3, -0.25) is 0 Å². The van der Waals surface area contributed by atoms with E-state index in [1.807, 2.05) is 6.07 Å². The Hall–Kier alpha value is -2.08. The molecule has 0 aliphatic heterocycles. The normalized spacial score (nSPS) is 22.1. The third kappa shape index (κ3) is 3.23. The Labute approximate surface area is 115 Å². The number of rotatable bonds is 4. The molecule has 0 saturated heterocycles. The van der Waals surface area contributed by atoms with Crippen molar-refractivity contribution in [3.8, 4) is 0 Å². The molecule has 0 radical (unpaired) electrons. The van der Waals surface area contributed by atoms with Crippen molar-refractivity contribution in [2.24, 2.45) is 5.92 Å². The zero-order chi connectivity index (χ0) is 12.9. The minimum atomic E-state index is 0.725. The highest BCUT2D eigenvalue weighted by Gasteiger charge is 2.35. The molecule has 2 unspecified atom stereocenters. The Morgan fingerprint density at radius 1 is 0.789 bits per heavy atom. The molecule has 1 aliphatic rings. The van der Waals surface area contributed by atoms with Crippen LogP contribution in [-0.4, -0.2) is 0 Å². The van der Waals surface area contributed by atoms with E-state index in [9.17, 15) is 0 Å². The molecule has 0 heterocycles. The van der Waals surface area contributed by atoms with Crippen molar-refractivity contribution >= 4 is 6.08 Å². The predicted molar refractivity (Wildman–Crippen MR) is 81.9 cm³/mol. The van der Waals surface area contributed by atoms with E-state index in [0.29, 0.717) is 0 Å². The molecule has 0 aromatic heterocycles. The molecule has 0 bridgehead atoms. The fraction of sp³-hybridized carbons (Fsp3) is 0.158. The summed E-state index contributed by atoms with van der Waals surface area (Å²) in [5, 5.41) is 0. The van der Waals surface area contributed by atoms with Gasteiger partial charge in [0, 0.05) is 0 Å². The van der Waals surface area contributed by atoms with Crippen LogP contribution in [-0.2, 0) is 0 Å². The van der Waals surface area contributed by atoms with Crippen molar-refractivity contribution in [1.29, 1.82) is 0 Å². The predicted octanol–water partition coefficient (Wildman–Crippen LogP) is 5.06. The molecule has 0 nitrogen and oxygen atoms in total. The van der Waals surface area contributed by atoms with E-state index in [1.165, 1.54) is 17.5 Å². The van der Waals surface area contributed by atoms with Crippen molar-refractivity contribution < 1.29 is 0 Å². The van der Waals surface area contributed by atoms with E-state index in [0.717, 1.165) is 11.8 Å². The Morgan fingerprint density at radius 2 is 1.47 bits per heavy atom. The number of benzene rings is 2. The smallest absolute Gasteiger partial charge is 0.00929 e. The molecule has 3 rings (SSSR count). The molecule has 0 amide bonds. The second-order valence-corrected chi connectivity index (χ2v) is 5.07. The standard InChI is InChI=1S/C19H18/c1-3-9-16(10-4-1)11-7-8-14-18-15-19(18)17-12-5-2-6-13-17/h1-14,18-19H,15H2/b11-7+,14-8+. The van der Waals surface area contributed by atoms with Crippen LogP contribution in [0.3, 0.4) is 0 Å². The van der Waals surface area contributed by atoms with E-state index >= 15 is 0 Å². The average molecular weight is 246 g/mol. The number of allylic oxidation sites excluding steroid dienone is 3. The van der Waals surface area contributed by atoms with Crippen LogP contribution in [0.25, 0.3) is 6.08 Å². The zero-order valence-electron chi connectivity index (χ0n) is 10.9. The summed E-state index contributed by atoms with van der Waals surface area (Å²) in [6.45, 7) is 0. The highest BCUT2D eigenvalue weighted by molar-refractivity contribution is 5.50. The van der Waals surface area contributed by atoms with Gasteiger partial charge in [-0.1, -0.05) is 85.0 Å². The third-order valence-electron chi connectivity index (χ3n) is 3.63. The van der Waals surface area contributed by atoms with Crippen LogP contribution < -0.4 is 0 Å². The fourth-order valence-corrected chi connectivity index (χ4v) is 2.45. The molecule has 94 valence electrons. The van der Waals surface area contributed by atoms with Crippen LogP contribution in [0, 0.1) is 5.92 Å². The lowest BCUT2D eigenvalue weighted by Gasteiger charge is -1.95. The Balaban J connectivity index is 1.54. The summed E-state index contributed by atoms with van der Waals surface area (Å²) in [7, 11) is 0. The summed E-state index contributed by atoms with van der Waals surface area (Å²) in [6.07, 6.45) is 10.1. The molecule has 19 heavy (non-hydrogen) atoms. The highest BCUT2D eigenvalue weighted by Crippen LogP contribution is 2.48. The average Bonchev–Trinajstić information content (AvgIpc) is 3.25. The Kier molecular flexibility index (Phi) is 3.60. The maximum Gasteiger partial charge on any atom is -0.00929 e. The van der Waals surface area contributed by atoms with Crippen LogP contribution in [0.2, 0.25) is 0 Å². The van der Waals surface area contributed by atoms with Crippen molar-refractivity contribution in [1.82, 2.24) is 0 Å². The topological polar surface area (TPSA) is 0 Å². The fourth-order valence-electron chi connectivity index (χ4n) is 2.45. The summed E-state index contributed by atoms with van der Waals surface area (Å²) < 4.78 is 0. The van der Waals surface area contributed by atoms with Gasteiger partial charge in [-0.2, -0.15) is 0 Å². The maximum absolute atomic E-state index is 2.33. The van der Waals surface area contributed by atoms with E-state index in [4.69, 9.17) is 0 Å². The quantitative estimate of drug-likeness (QED) is 0.661. The van der Waals surface area contributed by atoms with Crippen LogP contribution in [0.5, 0.6) is 0 Å². The van der Waals surface area contributed by atoms with E-state index in [1.54, 1.807) is 0 Å². The van der Waals surface area contributed by atoms with Crippen molar-refractivity contribution in [2.75, 3.05) is 0 Å². The van der Waals surface area contributed by atoms with Gasteiger partial charge in [0.1, 0.15) is 0 Å². The molecule has 2 atom stereocenters. The zero-order valence-corrected chi connectivity index (χ0v) is 10.9. The lowest BCUT2D eigenvalue weighted by Crippen LogP contribution is -1.79. The van der Waals surface area contributed by atoms with E-state index < -0.39 is 0 Å². The van der Waals surface area contributed by atoms with Crippen molar-refractivity contribution in [3.63, 3.8) is 0 Å². The van der Waals surface area contributed by atoms with E-state index in [2.05, 4.69) is 78.9 Å². The van der Waals surface area contributed by atoms with E-state index in [-0.39, 0.29) is 0 Å². The van der Waals surface area contributed by atoms with Crippen molar-refractivity contribution in [3.05, 3.63) is 90.0 Å². The number of hydrogen-bond donors (Lipinski definition) is 0. The van der Waals surface area contributed by atoms with Crippen molar-refractivity contribution in [2.45, 2.75) is 12.3 Å². The van der Waals surface area contributed by atoms with Gasteiger partial charge in [-0.25, -0.2) is 0 Å². The van der Waals surface area contributed by atoms with Gasteiger partial charge in [0.25, 0.3) is 0 Å². The summed E-state index contributed by atoms with van der Waals surface area (Å²) in [4.78, 5) is 0. The molecule has 0 heteroatoms. The summed E-state index contributed by atoms with van der Waals surface area (Å²) in [5.74, 6) is 1.46. The largest absolute Gasteiger partial charge is 0.0808 e. The first kappa shape index (κ1) is 12.0. The molecule has 0 N–H and O–H groups in total. The van der Waals surface area contributed by atoms with Gasteiger partial charge in [0.2, 0.25) is 0 Å². The summed E-state index contributed by atoms with van der Waals surface area (Å²) >= 11 is 0. The highest BCUT2D eigenvalue weighted by atomic mass is 14.4. The maximum atomic E-state index is 2.33. The first-order chi connectivity index (χ1) is 9.43. The van der Waals surface area contributed by atoms with Gasteiger partial charge < -0.3 is 0 Å². The number of hydrogen-bond acceptors (Lipinski definition) is 0. The molecular formula is C19H18. The van der Waals surface area contributed by atoms with Gasteiger partial charge in [-0.05, 0) is 29.4 Å². The first-order valence-electron chi connectivity index (χ1n) is 6.88. The molecule has 1 saturated carbocycles. The Bertz CT molecular complexity index is 564. The Morgan fingerprint density at radius 3 is 2.21 bits per heavy atom. The second-order valence-electron chi connectivity index (χ2n) is 5.07. The van der Waals surface area contributed by atoms with Gasteiger partial charge in [0.15, 0.2) is 0 Å². The minimum Gasteiger partial charge on any atom is -0.0808 e. The lowest BCUT2D eigenvalue weighted by molar-refractivity contribution is 1.01. The third-order valence-corrected chi connectivity index (χ3v) is 3.63. The molecule has 1 aliphatic carbocycles. The summed E-state index contributed by atoms with van der Waals surface area (Å²) in [5.41, 5.74) is 2.73. The molecule has 0 spiro atoms. The van der Waals surface area contributed by atoms with Gasteiger partial charge in [-0.15, -0.1) is 0 Å². The first-order valence-corrected chi connectivity index (χ1v) is 6.88. The van der Waals surface area contributed by atoms with Crippen LogP contribution >= 0.6 is 0 Å². The van der Waals surface area contributed by atoms with Crippen LogP contribution in [0.4, 0.5) is 0 Å². The second kappa shape index (κ2) is 5.71. The summed E-state index contributed by atoms with van der Waals surface area (Å²) in [6, 6.07) is 21.2. The SMILES string of the molecule is C(/C=C/C1CC1c1ccccc1)=C\c1ccccc1. The molecule has 1 fully saturated rings. The molecular weight excluding hydrogens is 228 g/mol. The van der Waals surface area contributed by atoms with Crippen LogP contribution in [0.15, 0.2) is 78.9 Å². The van der Waals surface area contributed by atoms with Crippen LogP contribution in [0.1, 0.15) is 23.5 Å². The molecule has 2 aromatic carbocycles. The lowest BCUT2D eigenvalue weighted by atomic mass is 10.1. The minimum absolute atomic E-state index is 0.725. The van der Waals surface area contributed by atoms with Gasteiger partial charge >= 0.3 is 0 Å².